The Bertz CT molecular complexity index is 741. The molecule has 2 aromatic rings. The zero-order valence-electron chi connectivity index (χ0n) is 14.6. The van der Waals surface area contributed by atoms with Gasteiger partial charge in [0.15, 0.2) is 0 Å². The van der Waals surface area contributed by atoms with Crippen LogP contribution in [0.4, 0.5) is 0 Å². The van der Waals surface area contributed by atoms with Crippen LogP contribution >= 0.6 is 12.4 Å². The molecule has 1 N–H and O–H groups in total. The second-order valence-corrected chi connectivity index (χ2v) is 6.61. The molecule has 2 aliphatic rings. The Labute approximate surface area is 160 Å². The monoisotopic (exact) mass is 373 g/mol. The van der Waals surface area contributed by atoms with Gasteiger partial charge in [-0.2, -0.15) is 0 Å². The predicted octanol–water partition coefficient (Wildman–Crippen LogP) is 2.68. The van der Waals surface area contributed by atoms with Crippen molar-refractivity contribution in [2.24, 2.45) is 0 Å². The third-order valence-electron chi connectivity index (χ3n) is 5.09. The second kappa shape index (κ2) is 8.62. The minimum Gasteiger partial charge on any atom is -0.373 e. The molecule has 1 saturated heterocycles. The first-order valence-electron chi connectivity index (χ1n) is 8.92. The summed E-state index contributed by atoms with van der Waals surface area (Å²) in [5.41, 5.74) is 3.54. The molecular weight excluding hydrogens is 350 g/mol. The van der Waals surface area contributed by atoms with E-state index in [2.05, 4.69) is 28.5 Å². The van der Waals surface area contributed by atoms with Gasteiger partial charge in [-0.25, -0.2) is 0 Å². The quantitative estimate of drug-likeness (QED) is 0.898. The fourth-order valence-corrected chi connectivity index (χ4v) is 3.80. The van der Waals surface area contributed by atoms with Crippen molar-refractivity contribution in [3.8, 4) is 0 Å². The fourth-order valence-electron chi connectivity index (χ4n) is 3.80. The Kier molecular flexibility index (Phi) is 6.25. The Hall–Kier alpha value is -1.95. The number of aromatic nitrogens is 1. The van der Waals surface area contributed by atoms with Crippen molar-refractivity contribution in [3.05, 3.63) is 65.5 Å². The van der Waals surface area contributed by atoms with Crippen molar-refractivity contribution in [1.29, 1.82) is 0 Å². The third-order valence-corrected chi connectivity index (χ3v) is 5.09. The summed E-state index contributed by atoms with van der Waals surface area (Å²) in [7, 11) is 0. The molecule has 1 aromatic carbocycles. The van der Waals surface area contributed by atoms with E-state index in [4.69, 9.17) is 4.74 Å². The molecule has 1 aromatic heterocycles. The van der Waals surface area contributed by atoms with Gasteiger partial charge in [-0.15, -0.1) is 12.4 Å². The van der Waals surface area contributed by atoms with Crippen molar-refractivity contribution in [3.63, 3.8) is 0 Å². The SMILES string of the molecule is Cl.O=C(CC1OCCc2ccccc21)N1CCNCC1c1cccnc1. The van der Waals surface area contributed by atoms with Gasteiger partial charge in [-0.3, -0.25) is 9.78 Å². The molecule has 2 aliphatic heterocycles. The first-order chi connectivity index (χ1) is 12.3. The number of nitrogens with zero attached hydrogens (tertiary/aromatic N) is 2. The summed E-state index contributed by atoms with van der Waals surface area (Å²) in [6.07, 6.45) is 4.80. The van der Waals surface area contributed by atoms with E-state index in [-0.39, 0.29) is 30.5 Å². The van der Waals surface area contributed by atoms with E-state index in [0.717, 1.165) is 30.6 Å². The van der Waals surface area contributed by atoms with E-state index in [1.807, 2.05) is 29.3 Å². The Morgan fingerprint density at radius 3 is 3.00 bits per heavy atom. The van der Waals surface area contributed by atoms with Crippen LogP contribution in [0, 0.1) is 0 Å². The Morgan fingerprint density at radius 1 is 1.27 bits per heavy atom. The van der Waals surface area contributed by atoms with Gasteiger partial charge in [-0.1, -0.05) is 30.3 Å². The van der Waals surface area contributed by atoms with Crippen LogP contribution in [0.1, 0.15) is 35.3 Å². The summed E-state index contributed by atoms with van der Waals surface area (Å²) in [5, 5.41) is 3.38. The Balaban J connectivity index is 0.00000196. The summed E-state index contributed by atoms with van der Waals surface area (Å²) in [4.78, 5) is 19.2. The van der Waals surface area contributed by atoms with Crippen LogP contribution in [-0.2, 0) is 16.0 Å². The fraction of sp³-hybridized carbons (Fsp3) is 0.400. The summed E-state index contributed by atoms with van der Waals surface area (Å²) in [6.45, 7) is 2.99. The number of nitrogens with one attached hydrogen (secondary N) is 1. The molecule has 2 atom stereocenters. The molecule has 0 bridgehead atoms. The second-order valence-electron chi connectivity index (χ2n) is 6.61. The lowest BCUT2D eigenvalue weighted by Crippen LogP contribution is -2.49. The molecule has 26 heavy (non-hydrogen) atoms. The van der Waals surface area contributed by atoms with Crippen molar-refractivity contribution in [2.45, 2.75) is 25.0 Å². The molecular formula is C20H24ClN3O2. The molecule has 0 aliphatic carbocycles. The van der Waals surface area contributed by atoms with Gasteiger partial charge in [0.05, 0.1) is 25.2 Å². The number of pyridine rings is 1. The van der Waals surface area contributed by atoms with Gasteiger partial charge in [0.1, 0.15) is 0 Å². The number of amides is 1. The van der Waals surface area contributed by atoms with Crippen molar-refractivity contribution >= 4 is 18.3 Å². The zero-order chi connectivity index (χ0) is 17.1. The smallest absolute Gasteiger partial charge is 0.226 e. The molecule has 1 fully saturated rings. The summed E-state index contributed by atoms with van der Waals surface area (Å²) in [5.74, 6) is 0.150. The van der Waals surface area contributed by atoms with E-state index in [1.165, 1.54) is 5.56 Å². The normalized spacial score (nSPS) is 22.2. The van der Waals surface area contributed by atoms with Gasteiger partial charge in [0, 0.05) is 32.0 Å². The van der Waals surface area contributed by atoms with Gasteiger partial charge in [-0.05, 0) is 29.2 Å². The molecule has 5 nitrogen and oxygen atoms in total. The molecule has 6 heteroatoms. The molecule has 0 spiro atoms. The predicted molar refractivity (Wildman–Crippen MR) is 102 cm³/mol. The average Bonchev–Trinajstić information content (AvgIpc) is 2.69. The number of hydrogen-bond acceptors (Lipinski definition) is 4. The first kappa shape index (κ1) is 18.8. The molecule has 138 valence electrons. The lowest BCUT2D eigenvalue weighted by Gasteiger charge is -2.37. The molecule has 2 unspecified atom stereocenters. The molecule has 0 saturated carbocycles. The van der Waals surface area contributed by atoms with E-state index >= 15 is 0 Å². The molecule has 3 heterocycles. The van der Waals surface area contributed by atoms with Crippen LogP contribution in [0.5, 0.6) is 0 Å². The van der Waals surface area contributed by atoms with E-state index < -0.39 is 0 Å². The Morgan fingerprint density at radius 2 is 2.15 bits per heavy atom. The van der Waals surface area contributed by atoms with Crippen molar-refractivity contribution in [2.75, 3.05) is 26.2 Å². The summed E-state index contributed by atoms with van der Waals surface area (Å²) in [6, 6.07) is 12.3. The van der Waals surface area contributed by atoms with Crippen LogP contribution < -0.4 is 5.32 Å². The van der Waals surface area contributed by atoms with Crippen LogP contribution in [0.15, 0.2) is 48.8 Å². The van der Waals surface area contributed by atoms with Gasteiger partial charge < -0.3 is 15.0 Å². The topological polar surface area (TPSA) is 54.5 Å². The maximum atomic E-state index is 13.1. The minimum atomic E-state index is -0.137. The molecule has 1 amide bonds. The van der Waals surface area contributed by atoms with Crippen LogP contribution in [-0.4, -0.2) is 42.0 Å². The number of carbonyl (C=O) groups is 1. The number of halogens is 1. The number of hydrogen-bond donors (Lipinski definition) is 1. The third kappa shape index (κ3) is 3.90. The summed E-state index contributed by atoms with van der Waals surface area (Å²) >= 11 is 0. The van der Waals surface area contributed by atoms with E-state index in [0.29, 0.717) is 19.6 Å². The standard InChI is InChI=1S/C20H23N3O2.ClH/c24-20(12-19-17-6-2-1-4-15(17)7-11-25-19)23-10-9-22-14-18(23)16-5-3-8-21-13-16;/h1-6,8,13,18-19,22H,7,9-12,14H2;1H. The van der Waals surface area contributed by atoms with Crippen LogP contribution in [0.2, 0.25) is 0 Å². The number of fused-ring (bicyclic) bond motifs is 1. The van der Waals surface area contributed by atoms with Gasteiger partial charge in [0.2, 0.25) is 5.91 Å². The largest absolute Gasteiger partial charge is 0.373 e. The highest BCUT2D eigenvalue weighted by Gasteiger charge is 2.31. The van der Waals surface area contributed by atoms with Crippen LogP contribution in [0.3, 0.4) is 0 Å². The first-order valence-corrected chi connectivity index (χ1v) is 8.92. The average molecular weight is 374 g/mol. The zero-order valence-corrected chi connectivity index (χ0v) is 15.5. The minimum absolute atomic E-state index is 0. The van der Waals surface area contributed by atoms with E-state index in [1.54, 1.807) is 6.20 Å². The lowest BCUT2D eigenvalue weighted by atomic mass is 9.95. The van der Waals surface area contributed by atoms with Crippen molar-refractivity contribution in [1.82, 2.24) is 15.2 Å². The maximum absolute atomic E-state index is 13.1. The number of rotatable bonds is 3. The highest BCUT2D eigenvalue weighted by molar-refractivity contribution is 5.85. The van der Waals surface area contributed by atoms with Gasteiger partial charge in [0.25, 0.3) is 0 Å². The summed E-state index contributed by atoms with van der Waals surface area (Å²) < 4.78 is 5.93. The molecule has 0 radical (unpaired) electrons. The van der Waals surface area contributed by atoms with Crippen LogP contribution in [0.25, 0.3) is 0 Å². The number of piperazine rings is 1. The number of carbonyl (C=O) groups excluding carboxylic acids is 1. The maximum Gasteiger partial charge on any atom is 0.226 e. The van der Waals surface area contributed by atoms with E-state index in [9.17, 15) is 4.79 Å². The highest BCUT2D eigenvalue weighted by Crippen LogP contribution is 2.31. The van der Waals surface area contributed by atoms with Gasteiger partial charge >= 0.3 is 0 Å². The number of ether oxygens (including phenoxy) is 1. The van der Waals surface area contributed by atoms with Crippen molar-refractivity contribution < 1.29 is 9.53 Å². The number of benzene rings is 1. The lowest BCUT2D eigenvalue weighted by molar-refractivity contribution is -0.138. The highest BCUT2D eigenvalue weighted by atomic mass is 35.5. The molecule has 4 rings (SSSR count).